The van der Waals surface area contributed by atoms with E-state index < -0.39 is 49.4 Å². The van der Waals surface area contributed by atoms with Crippen LogP contribution in [0.1, 0.15) is 206 Å². The molecule has 1 heterocycles. The van der Waals surface area contributed by atoms with Crippen molar-refractivity contribution in [3.05, 3.63) is 60.8 Å². The van der Waals surface area contributed by atoms with E-state index in [0.717, 1.165) is 89.9 Å². The van der Waals surface area contributed by atoms with Gasteiger partial charge in [0.05, 0.1) is 13.2 Å². The lowest BCUT2D eigenvalue weighted by atomic mass is 9.99. The average molecular weight is 889 g/mol. The van der Waals surface area contributed by atoms with Crippen LogP contribution in [-0.2, 0) is 28.5 Å². The van der Waals surface area contributed by atoms with Crippen LogP contribution >= 0.6 is 0 Å². The molecule has 6 atom stereocenters. The van der Waals surface area contributed by atoms with Crippen molar-refractivity contribution < 1.29 is 49.0 Å². The quantitative estimate of drug-likeness (QED) is 0.0265. The smallest absolute Gasteiger partial charge is 0.306 e. The van der Waals surface area contributed by atoms with Gasteiger partial charge in [-0.05, 0) is 77.0 Å². The highest BCUT2D eigenvalue weighted by Gasteiger charge is 2.44. The molecule has 1 fully saturated rings. The Labute approximate surface area is 383 Å². The lowest BCUT2D eigenvalue weighted by molar-refractivity contribution is -0.305. The van der Waals surface area contributed by atoms with Crippen LogP contribution in [0.25, 0.3) is 0 Å². The molecule has 0 bridgehead atoms. The Morgan fingerprint density at radius 2 is 0.937 bits per heavy atom. The fourth-order valence-electron chi connectivity index (χ4n) is 7.41. The number of hydrogen-bond donors (Lipinski definition) is 4. The molecule has 0 spiro atoms. The van der Waals surface area contributed by atoms with Crippen molar-refractivity contribution in [1.29, 1.82) is 0 Å². The third-order valence-corrected chi connectivity index (χ3v) is 11.4. The average Bonchev–Trinajstić information content (AvgIpc) is 3.28. The molecule has 0 amide bonds. The summed E-state index contributed by atoms with van der Waals surface area (Å²) in [6.07, 6.45) is 46.5. The molecule has 1 aliphatic heterocycles. The topological polar surface area (TPSA) is 152 Å². The van der Waals surface area contributed by atoms with Crippen LogP contribution in [0, 0.1) is 0 Å². The predicted octanol–water partition coefficient (Wildman–Crippen LogP) is 11.8. The van der Waals surface area contributed by atoms with Gasteiger partial charge >= 0.3 is 11.9 Å². The Morgan fingerprint density at radius 3 is 1.43 bits per heavy atom. The molecule has 10 heteroatoms. The zero-order valence-electron chi connectivity index (χ0n) is 39.8. The molecule has 364 valence electrons. The lowest BCUT2D eigenvalue weighted by Gasteiger charge is -2.39. The first-order valence-corrected chi connectivity index (χ1v) is 25.4. The fourth-order valence-corrected chi connectivity index (χ4v) is 7.41. The van der Waals surface area contributed by atoms with Crippen LogP contribution in [0.5, 0.6) is 0 Å². The molecule has 6 unspecified atom stereocenters. The van der Waals surface area contributed by atoms with Gasteiger partial charge in [-0.3, -0.25) is 9.59 Å². The summed E-state index contributed by atoms with van der Waals surface area (Å²) < 4.78 is 22.2. The molecule has 1 aliphatic rings. The molecule has 0 aromatic carbocycles. The normalized spacial score (nSPS) is 20.0. The van der Waals surface area contributed by atoms with Crippen molar-refractivity contribution in [2.45, 2.75) is 243 Å². The molecule has 0 aromatic heterocycles. The summed E-state index contributed by atoms with van der Waals surface area (Å²) >= 11 is 0. The third-order valence-electron chi connectivity index (χ3n) is 11.4. The second-order valence-electron chi connectivity index (χ2n) is 17.2. The second kappa shape index (κ2) is 43.3. The molecular formula is C53H92O10. The van der Waals surface area contributed by atoms with Crippen molar-refractivity contribution in [1.82, 2.24) is 0 Å². The van der Waals surface area contributed by atoms with Crippen molar-refractivity contribution >= 4 is 11.9 Å². The number of aliphatic hydroxyl groups is 4. The largest absolute Gasteiger partial charge is 0.462 e. The van der Waals surface area contributed by atoms with Crippen molar-refractivity contribution in [2.24, 2.45) is 0 Å². The van der Waals surface area contributed by atoms with E-state index in [0.29, 0.717) is 6.42 Å². The molecule has 1 rings (SSSR count). The van der Waals surface area contributed by atoms with E-state index in [2.05, 4.69) is 74.6 Å². The number of allylic oxidation sites excluding steroid dienone is 10. The van der Waals surface area contributed by atoms with Gasteiger partial charge in [0.25, 0.3) is 0 Å². The maximum absolute atomic E-state index is 12.8. The van der Waals surface area contributed by atoms with Gasteiger partial charge in [-0.2, -0.15) is 0 Å². The molecule has 1 saturated heterocycles. The third kappa shape index (κ3) is 34.4. The highest BCUT2D eigenvalue weighted by atomic mass is 16.7. The van der Waals surface area contributed by atoms with Crippen LogP contribution in [0.2, 0.25) is 0 Å². The monoisotopic (exact) mass is 889 g/mol. The molecule has 0 radical (unpaired) electrons. The number of carbonyl (C=O) groups is 2. The fraction of sp³-hybridized carbons (Fsp3) is 0.774. The Morgan fingerprint density at radius 1 is 0.508 bits per heavy atom. The van der Waals surface area contributed by atoms with Gasteiger partial charge in [0.15, 0.2) is 12.4 Å². The van der Waals surface area contributed by atoms with Crippen LogP contribution in [-0.4, -0.2) is 89.0 Å². The van der Waals surface area contributed by atoms with Gasteiger partial charge in [0.1, 0.15) is 31.0 Å². The lowest BCUT2D eigenvalue weighted by Crippen LogP contribution is -2.59. The Bertz CT molecular complexity index is 1210. The van der Waals surface area contributed by atoms with Crippen molar-refractivity contribution in [3.8, 4) is 0 Å². The highest BCUT2D eigenvalue weighted by molar-refractivity contribution is 5.70. The predicted molar refractivity (Wildman–Crippen MR) is 256 cm³/mol. The second-order valence-corrected chi connectivity index (χ2v) is 17.2. The van der Waals surface area contributed by atoms with E-state index in [1.807, 2.05) is 0 Å². The van der Waals surface area contributed by atoms with Crippen LogP contribution < -0.4 is 0 Å². The number of rotatable bonds is 42. The van der Waals surface area contributed by atoms with Crippen LogP contribution in [0.4, 0.5) is 0 Å². The molecule has 4 N–H and O–H groups in total. The van der Waals surface area contributed by atoms with E-state index in [1.165, 1.54) is 83.5 Å². The van der Waals surface area contributed by atoms with Gasteiger partial charge in [-0.25, -0.2) is 0 Å². The number of unbranched alkanes of at least 4 members (excludes halogenated alkanes) is 21. The van der Waals surface area contributed by atoms with E-state index >= 15 is 0 Å². The standard InChI is InChI=1S/C53H92O10/c1-3-5-7-9-11-13-15-17-19-21-23-25-27-29-31-33-35-37-39-41-48(55)60-44-46(45-61-53-52(59)51(58)50(57)47(43-54)63-53)62-49(56)42-40-38-36-34-32-30-28-26-24-22-20-18-16-14-12-10-8-6-4-2/h6,8,12,14,17-20,24,26,46-47,50-54,57-59H,3-5,7,9-11,13,15-16,21-23,25,27-45H2,1-2H3/b8-6-,14-12-,19-17-,20-18-,26-24-. The SMILES string of the molecule is CC/C=C\C/C=C\C/C=C\C/C=C\CCCCCCCCC(=O)OC(COC(=O)CCCCCCCCCCC/C=C\CCCCCCCC)COC1OC(CO)C(O)C(O)C1O. The number of hydrogen-bond acceptors (Lipinski definition) is 10. The first kappa shape index (κ1) is 58.4. The maximum Gasteiger partial charge on any atom is 0.306 e. The van der Waals surface area contributed by atoms with Gasteiger partial charge in [0, 0.05) is 12.8 Å². The van der Waals surface area contributed by atoms with Gasteiger partial charge in [0.2, 0.25) is 0 Å². The molecule has 63 heavy (non-hydrogen) atoms. The Kier molecular flexibility index (Phi) is 40.2. The molecule has 0 saturated carbocycles. The summed E-state index contributed by atoms with van der Waals surface area (Å²) in [5.74, 6) is -0.824. The first-order chi connectivity index (χ1) is 30.8. The van der Waals surface area contributed by atoms with Gasteiger partial charge < -0.3 is 39.4 Å². The van der Waals surface area contributed by atoms with Crippen molar-refractivity contribution in [3.63, 3.8) is 0 Å². The minimum absolute atomic E-state index is 0.211. The number of esters is 2. The summed E-state index contributed by atoms with van der Waals surface area (Å²) in [6.45, 7) is 3.30. The molecule has 0 aromatic rings. The number of ether oxygens (including phenoxy) is 4. The Balaban J connectivity index is 2.28. The van der Waals surface area contributed by atoms with Crippen molar-refractivity contribution in [2.75, 3.05) is 19.8 Å². The van der Waals surface area contributed by atoms with E-state index in [1.54, 1.807) is 0 Å². The minimum atomic E-state index is -1.60. The number of carbonyl (C=O) groups excluding carboxylic acids is 2. The summed E-state index contributed by atoms with van der Waals surface area (Å²) in [4.78, 5) is 25.4. The molecule has 0 aliphatic carbocycles. The summed E-state index contributed by atoms with van der Waals surface area (Å²) in [5, 5.41) is 40.2. The van der Waals surface area contributed by atoms with Crippen LogP contribution in [0.15, 0.2) is 60.8 Å². The zero-order valence-corrected chi connectivity index (χ0v) is 39.8. The van der Waals surface area contributed by atoms with Crippen LogP contribution in [0.3, 0.4) is 0 Å². The number of aliphatic hydroxyl groups excluding tert-OH is 4. The summed E-state index contributed by atoms with van der Waals surface area (Å²) in [5.41, 5.74) is 0. The van der Waals surface area contributed by atoms with E-state index in [-0.39, 0.29) is 32.0 Å². The summed E-state index contributed by atoms with van der Waals surface area (Å²) in [7, 11) is 0. The zero-order chi connectivity index (χ0) is 45.9. The van der Waals surface area contributed by atoms with Gasteiger partial charge in [-0.15, -0.1) is 0 Å². The Hall–Kier alpha value is -2.60. The summed E-state index contributed by atoms with van der Waals surface area (Å²) in [6, 6.07) is 0. The highest BCUT2D eigenvalue weighted by Crippen LogP contribution is 2.23. The van der Waals surface area contributed by atoms with E-state index in [9.17, 15) is 30.0 Å². The molecule has 10 nitrogen and oxygen atoms in total. The molecular weight excluding hydrogens is 797 g/mol. The maximum atomic E-state index is 12.8. The van der Waals surface area contributed by atoms with E-state index in [4.69, 9.17) is 18.9 Å². The van der Waals surface area contributed by atoms with Gasteiger partial charge in [-0.1, -0.05) is 177 Å². The minimum Gasteiger partial charge on any atom is -0.462 e. The first-order valence-electron chi connectivity index (χ1n) is 25.4.